The number of aromatic amines is 1. The molecule has 1 unspecified atom stereocenters. The van der Waals surface area contributed by atoms with Gasteiger partial charge in [-0.2, -0.15) is 0 Å². The molecule has 0 amide bonds. The number of nitrogens with one attached hydrogen (secondary N) is 2. The van der Waals surface area contributed by atoms with Crippen LogP contribution in [0.3, 0.4) is 0 Å². The predicted molar refractivity (Wildman–Crippen MR) is 51.6 cm³/mol. The smallest absolute Gasteiger partial charge is 0.0812 e. The molecule has 2 rings (SSSR count). The van der Waals surface area contributed by atoms with Crippen LogP contribution in [0.25, 0.3) is 0 Å². The summed E-state index contributed by atoms with van der Waals surface area (Å²) in [5.41, 5.74) is 0.659. The van der Waals surface area contributed by atoms with Crippen LogP contribution in [0, 0.1) is 0 Å². The number of rotatable bonds is 2. The third-order valence-corrected chi connectivity index (χ3v) is 2.65. The maximum atomic E-state index is 10.2. The molecule has 13 heavy (non-hydrogen) atoms. The summed E-state index contributed by atoms with van der Waals surface area (Å²) in [5, 5.41) is 13.4. The fraction of sp³-hybridized carbons (Fsp3) is 0.600. The zero-order chi connectivity index (χ0) is 9.15. The molecule has 0 spiro atoms. The standard InChI is InChI=1S/C10H16N2O/c13-10(3-1-4-12-8-10)6-9-2-5-11-7-9/h2,5,7,11-13H,1,3-4,6,8H2. The highest BCUT2D eigenvalue weighted by molar-refractivity contribution is 5.12. The van der Waals surface area contributed by atoms with Gasteiger partial charge in [0, 0.05) is 25.4 Å². The third-order valence-electron chi connectivity index (χ3n) is 2.65. The summed E-state index contributed by atoms with van der Waals surface area (Å²) in [7, 11) is 0. The number of piperidine rings is 1. The Hall–Kier alpha value is -0.800. The minimum atomic E-state index is -0.527. The number of β-amino-alcohol motifs (C(OH)–C–C–N with tert-alkyl or cyclic N) is 1. The van der Waals surface area contributed by atoms with E-state index in [9.17, 15) is 5.11 Å². The van der Waals surface area contributed by atoms with Gasteiger partial charge in [-0.25, -0.2) is 0 Å². The second-order valence-electron chi connectivity index (χ2n) is 3.90. The Balaban J connectivity index is 1.99. The summed E-state index contributed by atoms with van der Waals surface area (Å²) in [6.07, 6.45) is 6.58. The van der Waals surface area contributed by atoms with Gasteiger partial charge < -0.3 is 15.4 Å². The van der Waals surface area contributed by atoms with E-state index < -0.39 is 5.60 Å². The lowest BCUT2D eigenvalue weighted by Gasteiger charge is -2.32. The summed E-state index contributed by atoms with van der Waals surface area (Å²) in [5.74, 6) is 0. The van der Waals surface area contributed by atoms with Gasteiger partial charge in [0.1, 0.15) is 0 Å². The largest absolute Gasteiger partial charge is 0.388 e. The zero-order valence-electron chi connectivity index (χ0n) is 7.71. The van der Waals surface area contributed by atoms with E-state index in [1.807, 2.05) is 18.5 Å². The molecule has 0 aliphatic carbocycles. The lowest BCUT2D eigenvalue weighted by atomic mass is 9.88. The third kappa shape index (κ3) is 2.11. The van der Waals surface area contributed by atoms with Crippen molar-refractivity contribution in [3.63, 3.8) is 0 Å². The monoisotopic (exact) mass is 180 g/mol. The van der Waals surface area contributed by atoms with Crippen molar-refractivity contribution in [1.29, 1.82) is 0 Å². The molecule has 3 heteroatoms. The van der Waals surface area contributed by atoms with Crippen LogP contribution >= 0.6 is 0 Å². The minimum absolute atomic E-state index is 0.527. The minimum Gasteiger partial charge on any atom is -0.388 e. The molecular formula is C10H16N2O. The molecule has 1 aromatic heterocycles. The van der Waals surface area contributed by atoms with Crippen LogP contribution in [0.5, 0.6) is 0 Å². The summed E-state index contributed by atoms with van der Waals surface area (Å²) >= 11 is 0. The van der Waals surface area contributed by atoms with Crippen molar-refractivity contribution in [2.24, 2.45) is 0 Å². The zero-order valence-corrected chi connectivity index (χ0v) is 7.71. The molecule has 2 heterocycles. The van der Waals surface area contributed by atoms with Gasteiger partial charge in [-0.15, -0.1) is 0 Å². The molecule has 1 aliphatic heterocycles. The van der Waals surface area contributed by atoms with Crippen molar-refractivity contribution >= 4 is 0 Å². The van der Waals surface area contributed by atoms with E-state index in [1.165, 1.54) is 5.56 Å². The van der Waals surface area contributed by atoms with Crippen molar-refractivity contribution in [2.45, 2.75) is 24.9 Å². The number of hydrogen-bond acceptors (Lipinski definition) is 2. The molecule has 3 nitrogen and oxygen atoms in total. The SMILES string of the molecule is OC1(Cc2cc[nH]c2)CCCNC1. The average molecular weight is 180 g/mol. The molecule has 1 atom stereocenters. The van der Waals surface area contributed by atoms with E-state index in [0.717, 1.165) is 32.4 Å². The van der Waals surface area contributed by atoms with Crippen molar-refractivity contribution in [3.8, 4) is 0 Å². The van der Waals surface area contributed by atoms with Crippen LogP contribution in [-0.2, 0) is 6.42 Å². The van der Waals surface area contributed by atoms with Gasteiger partial charge in [0.2, 0.25) is 0 Å². The second-order valence-corrected chi connectivity index (χ2v) is 3.90. The number of H-pyrrole nitrogens is 1. The Kier molecular flexibility index (Phi) is 2.38. The molecule has 0 saturated carbocycles. The van der Waals surface area contributed by atoms with Crippen LogP contribution in [0.4, 0.5) is 0 Å². The lowest BCUT2D eigenvalue weighted by Crippen LogP contribution is -2.47. The average Bonchev–Trinajstić information content (AvgIpc) is 2.57. The molecular weight excluding hydrogens is 164 g/mol. The fourth-order valence-corrected chi connectivity index (χ4v) is 1.95. The van der Waals surface area contributed by atoms with Crippen LogP contribution in [0.1, 0.15) is 18.4 Å². The van der Waals surface area contributed by atoms with Crippen molar-refractivity contribution in [1.82, 2.24) is 10.3 Å². The van der Waals surface area contributed by atoms with Gasteiger partial charge in [-0.05, 0) is 31.0 Å². The quantitative estimate of drug-likeness (QED) is 0.626. The summed E-state index contributed by atoms with van der Waals surface area (Å²) in [4.78, 5) is 3.01. The maximum Gasteiger partial charge on any atom is 0.0812 e. The first-order valence-electron chi connectivity index (χ1n) is 4.83. The first-order valence-corrected chi connectivity index (χ1v) is 4.83. The van der Waals surface area contributed by atoms with Gasteiger partial charge in [0.25, 0.3) is 0 Å². The normalized spacial score (nSPS) is 29.0. The van der Waals surface area contributed by atoms with E-state index in [4.69, 9.17) is 0 Å². The topological polar surface area (TPSA) is 48.0 Å². The Morgan fingerprint density at radius 3 is 3.08 bits per heavy atom. The molecule has 1 aliphatic rings. The Bertz CT molecular complexity index is 250. The number of aliphatic hydroxyl groups is 1. The van der Waals surface area contributed by atoms with E-state index in [-0.39, 0.29) is 0 Å². The van der Waals surface area contributed by atoms with Gasteiger partial charge >= 0.3 is 0 Å². The predicted octanol–water partition coefficient (Wildman–Crippen LogP) is 0.672. The highest BCUT2D eigenvalue weighted by Gasteiger charge is 2.29. The van der Waals surface area contributed by atoms with Crippen LogP contribution in [0.2, 0.25) is 0 Å². The fourth-order valence-electron chi connectivity index (χ4n) is 1.95. The van der Waals surface area contributed by atoms with E-state index in [0.29, 0.717) is 0 Å². The first-order chi connectivity index (χ1) is 6.29. The van der Waals surface area contributed by atoms with Crippen LogP contribution in [0.15, 0.2) is 18.5 Å². The van der Waals surface area contributed by atoms with E-state index >= 15 is 0 Å². The molecule has 0 bridgehead atoms. The molecule has 1 saturated heterocycles. The van der Waals surface area contributed by atoms with Crippen molar-refractivity contribution in [2.75, 3.05) is 13.1 Å². The molecule has 3 N–H and O–H groups in total. The van der Waals surface area contributed by atoms with Gasteiger partial charge in [0.15, 0.2) is 0 Å². The highest BCUT2D eigenvalue weighted by Crippen LogP contribution is 2.20. The summed E-state index contributed by atoms with van der Waals surface area (Å²) in [6.45, 7) is 1.76. The lowest BCUT2D eigenvalue weighted by molar-refractivity contribution is 0.0170. The Morgan fingerprint density at radius 1 is 1.54 bits per heavy atom. The second kappa shape index (κ2) is 3.52. The van der Waals surface area contributed by atoms with Gasteiger partial charge in [-0.3, -0.25) is 0 Å². The van der Waals surface area contributed by atoms with Crippen LogP contribution < -0.4 is 5.32 Å². The number of aromatic nitrogens is 1. The maximum absolute atomic E-state index is 10.2. The summed E-state index contributed by atoms with van der Waals surface area (Å²) < 4.78 is 0. The molecule has 0 aromatic carbocycles. The van der Waals surface area contributed by atoms with Crippen molar-refractivity contribution < 1.29 is 5.11 Å². The number of hydrogen-bond donors (Lipinski definition) is 3. The molecule has 0 radical (unpaired) electrons. The van der Waals surface area contributed by atoms with Crippen molar-refractivity contribution in [3.05, 3.63) is 24.0 Å². The van der Waals surface area contributed by atoms with Crippen LogP contribution in [-0.4, -0.2) is 28.8 Å². The van der Waals surface area contributed by atoms with E-state index in [1.54, 1.807) is 0 Å². The molecule has 1 aromatic rings. The van der Waals surface area contributed by atoms with Gasteiger partial charge in [-0.1, -0.05) is 0 Å². The van der Waals surface area contributed by atoms with Gasteiger partial charge in [0.05, 0.1) is 5.60 Å². The Morgan fingerprint density at radius 2 is 2.46 bits per heavy atom. The first kappa shape index (κ1) is 8.78. The molecule has 1 fully saturated rings. The van der Waals surface area contributed by atoms with E-state index in [2.05, 4.69) is 10.3 Å². The Labute approximate surface area is 78.2 Å². The summed E-state index contributed by atoms with van der Waals surface area (Å²) in [6, 6.07) is 2.02. The molecule has 72 valence electrons. The highest BCUT2D eigenvalue weighted by atomic mass is 16.3.